The average molecular weight is 277 g/mol. The van der Waals surface area contributed by atoms with Crippen LogP contribution in [-0.4, -0.2) is 48.1 Å². The first-order chi connectivity index (χ1) is 9.65. The van der Waals surface area contributed by atoms with Crippen LogP contribution in [0.3, 0.4) is 0 Å². The highest BCUT2D eigenvalue weighted by atomic mass is 16.5. The van der Waals surface area contributed by atoms with E-state index in [1.54, 1.807) is 24.3 Å². The van der Waals surface area contributed by atoms with E-state index in [2.05, 4.69) is 4.90 Å². The monoisotopic (exact) mass is 277 g/mol. The third kappa shape index (κ3) is 4.62. The van der Waals surface area contributed by atoms with Crippen LogP contribution in [0, 0.1) is 0 Å². The van der Waals surface area contributed by atoms with Crippen LogP contribution < -0.4 is 4.74 Å². The van der Waals surface area contributed by atoms with E-state index >= 15 is 0 Å². The summed E-state index contributed by atoms with van der Waals surface area (Å²) < 4.78 is 5.57. The van der Waals surface area contributed by atoms with Crippen LogP contribution >= 0.6 is 0 Å². The van der Waals surface area contributed by atoms with Gasteiger partial charge in [0, 0.05) is 12.1 Å². The number of aliphatic hydroxyl groups is 1. The molecule has 1 atom stereocenters. The van der Waals surface area contributed by atoms with E-state index in [-0.39, 0.29) is 12.4 Å². The Labute approximate surface area is 120 Å². The van der Waals surface area contributed by atoms with Crippen molar-refractivity contribution in [2.45, 2.75) is 32.3 Å². The molecule has 1 aromatic rings. The minimum absolute atomic E-state index is 0.0179. The molecule has 1 aliphatic heterocycles. The molecule has 0 aromatic heterocycles. The first-order valence-corrected chi connectivity index (χ1v) is 7.29. The summed E-state index contributed by atoms with van der Waals surface area (Å²) in [6.07, 6.45) is 3.23. The summed E-state index contributed by atoms with van der Waals surface area (Å²) in [5.74, 6) is 0.653. The summed E-state index contributed by atoms with van der Waals surface area (Å²) in [5.41, 5.74) is 0.632. The number of carbonyl (C=O) groups excluding carboxylic acids is 1. The lowest BCUT2D eigenvalue weighted by Gasteiger charge is -2.28. The highest BCUT2D eigenvalue weighted by molar-refractivity contribution is 5.94. The Hall–Kier alpha value is -1.39. The number of benzene rings is 1. The van der Waals surface area contributed by atoms with Crippen molar-refractivity contribution < 1.29 is 14.6 Å². The molecule has 4 heteroatoms. The van der Waals surface area contributed by atoms with Gasteiger partial charge in [0.1, 0.15) is 18.5 Å². The van der Waals surface area contributed by atoms with Crippen molar-refractivity contribution in [3.8, 4) is 5.75 Å². The van der Waals surface area contributed by atoms with E-state index in [4.69, 9.17) is 4.74 Å². The molecule has 110 valence electrons. The summed E-state index contributed by atoms with van der Waals surface area (Å²) in [4.78, 5) is 13.6. The van der Waals surface area contributed by atoms with Gasteiger partial charge in [0.25, 0.3) is 0 Å². The molecular formula is C16H23NO3. The number of aliphatic hydroxyl groups excluding tert-OH is 1. The number of hydrogen-bond donors (Lipinski definition) is 1. The minimum Gasteiger partial charge on any atom is -0.491 e. The number of ether oxygens (including phenoxy) is 1. The Bertz CT molecular complexity index is 441. The number of piperidine rings is 1. The van der Waals surface area contributed by atoms with Crippen LogP contribution in [0.15, 0.2) is 24.3 Å². The van der Waals surface area contributed by atoms with Gasteiger partial charge in [0.2, 0.25) is 0 Å². The number of Topliss-reactive ketones (excluding diaryl/α,β-unsaturated/α-hetero) is 1. The molecule has 0 unspecified atom stereocenters. The van der Waals surface area contributed by atoms with E-state index < -0.39 is 6.10 Å². The van der Waals surface area contributed by atoms with Gasteiger partial charge in [-0.3, -0.25) is 4.79 Å². The van der Waals surface area contributed by atoms with E-state index in [9.17, 15) is 9.90 Å². The van der Waals surface area contributed by atoms with Gasteiger partial charge in [-0.1, -0.05) is 18.6 Å². The molecule has 1 N–H and O–H groups in total. The number of nitrogens with zero attached hydrogens (tertiary/aromatic N) is 1. The van der Waals surface area contributed by atoms with Gasteiger partial charge in [-0.25, -0.2) is 0 Å². The molecular weight excluding hydrogens is 254 g/mol. The third-order valence-corrected chi connectivity index (χ3v) is 3.60. The smallest absolute Gasteiger partial charge is 0.159 e. The number of likely N-dealkylation sites (tertiary alicyclic amines) is 1. The second kappa shape index (κ2) is 7.41. The largest absolute Gasteiger partial charge is 0.491 e. The third-order valence-electron chi connectivity index (χ3n) is 3.60. The molecule has 0 bridgehead atoms. The van der Waals surface area contributed by atoms with Gasteiger partial charge in [-0.05, 0) is 45.0 Å². The molecule has 0 spiro atoms. The van der Waals surface area contributed by atoms with Crippen molar-refractivity contribution in [3.05, 3.63) is 29.8 Å². The van der Waals surface area contributed by atoms with Crippen molar-refractivity contribution in [3.63, 3.8) is 0 Å². The number of β-amino-alcohol motifs (C(OH)–C–C–N with tert-alkyl or cyclic N) is 1. The second-order valence-corrected chi connectivity index (χ2v) is 5.41. The predicted octanol–water partition coefficient (Wildman–Crippen LogP) is 2.11. The van der Waals surface area contributed by atoms with Gasteiger partial charge >= 0.3 is 0 Å². The highest BCUT2D eigenvalue weighted by Crippen LogP contribution is 2.14. The van der Waals surface area contributed by atoms with E-state index in [1.807, 2.05) is 0 Å². The number of ketones is 1. The Morgan fingerprint density at radius 2 is 2.10 bits per heavy atom. The molecule has 0 saturated carbocycles. The lowest BCUT2D eigenvalue weighted by Crippen LogP contribution is -2.38. The Morgan fingerprint density at radius 3 is 2.80 bits per heavy atom. The van der Waals surface area contributed by atoms with Crippen LogP contribution in [0.4, 0.5) is 0 Å². The minimum atomic E-state index is -0.492. The standard InChI is InChI=1S/C16H23NO3/c1-13(18)14-6-5-7-16(10-14)20-12-15(19)11-17-8-3-2-4-9-17/h5-7,10,15,19H,2-4,8-9,11-12H2,1H3/t15-/m1/s1. The van der Waals surface area contributed by atoms with E-state index in [0.29, 0.717) is 17.9 Å². The van der Waals surface area contributed by atoms with Crippen molar-refractivity contribution in [2.24, 2.45) is 0 Å². The summed E-state index contributed by atoms with van der Waals surface area (Å²) in [5, 5.41) is 10.0. The zero-order chi connectivity index (χ0) is 14.4. The summed E-state index contributed by atoms with van der Waals surface area (Å²) in [7, 11) is 0. The summed E-state index contributed by atoms with van der Waals surface area (Å²) >= 11 is 0. The zero-order valence-corrected chi connectivity index (χ0v) is 12.0. The van der Waals surface area contributed by atoms with Crippen molar-refractivity contribution in [1.82, 2.24) is 4.90 Å². The molecule has 0 aliphatic carbocycles. The normalized spacial score (nSPS) is 17.7. The van der Waals surface area contributed by atoms with E-state index in [0.717, 1.165) is 13.1 Å². The van der Waals surface area contributed by atoms with Gasteiger partial charge < -0.3 is 14.7 Å². The lowest BCUT2D eigenvalue weighted by molar-refractivity contribution is 0.0617. The van der Waals surface area contributed by atoms with Gasteiger partial charge in [0.05, 0.1) is 0 Å². The van der Waals surface area contributed by atoms with Gasteiger partial charge in [-0.2, -0.15) is 0 Å². The fourth-order valence-electron chi connectivity index (χ4n) is 2.49. The molecule has 1 saturated heterocycles. The van der Waals surface area contributed by atoms with Crippen LogP contribution in [0.1, 0.15) is 36.5 Å². The van der Waals surface area contributed by atoms with Crippen LogP contribution in [0.5, 0.6) is 5.75 Å². The van der Waals surface area contributed by atoms with Gasteiger partial charge in [-0.15, -0.1) is 0 Å². The predicted molar refractivity (Wildman–Crippen MR) is 78.2 cm³/mol. The van der Waals surface area contributed by atoms with E-state index in [1.165, 1.54) is 26.2 Å². The van der Waals surface area contributed by atoms with Crippen molar-refractivity contribution >= 4 is 5.78 Å². The van der Waals surface area contributed by atoms with Crippen molar-refractivity contribution in [1.29, 1.82) is 0 Å². The second-order valence-electron chi connectivity index (χ2n) is 5.41. The first-order valence-electron chi connectivity index (χ1n) is 7.29. The Kier molecular flexibility index (Phi) is 5.56. The maximum atomic E-state index is 11.3. The molecule has 1 heterocycles. The highest BCUT2D eigenvalue weighted by Gasteiger charge is 2.15. The maximum absolute atomic E-state index is 11.3. The molecule has 0 radical (unpaired) electrons. The Morgan fingerprint density at radius 1 is 1.35 bits per heavy atom. The average Bonchev–Trinajstić information content (AvgIpc) is 2.46. The SMILES string of the molecule is CC(=O)c1cccc(OC[C@H](O)CN2CCCCC2)c1. The number of carbonyl (C=O) groups is 1. The zero-order valence-electron chi connectivity index (χ0n) is 12.0. The van der Waals surface area contributed by atoms with Crippen molar-refractivity contribution in [2.75, 3.05) is 26.2 Å². The number of hydrogen-bond acceptors (Lipinski definition) is 4. The number of rotatable bonds is 6. The summed E-state index contributed by atoms with van der Waals surface area (Å²) in [6, 6.07) is 7.08. The fourth-order valence-corrected chi connectivity index (χ4v) is 2.49. The van der Waals surface area contributed by atoms with Crippen LogP contribution in [0.25, 0.3) is 0 Å². The maximum Gasteiger partial charge on any atom is 0.159 e. The Balaban J connectivity index is 1.78. The first kappa shape index (κ1) is 15.0. The molecule has 1 fully saturated rings. The molecule has 2 rings (SSSR count). The molecule has 20 heavy (non-hydrogen) atoms. The molecule has 4 nitrogen and oxygen atoms in total. The lowest BCUT2D eigenvalue weighted by atomic mass is 10.1. The van der Waals surface area contributed by atoms with Crippen LogP contribution in [-0.2, 0) is 0 Å². The quantitative estimate of drug-likeness (QED) is 0.809. The fraction of sp³-hybridized carbons (Fsp3) is 0.562. The molecule has 0 amide bonds. The van der Waals surface area contributed by atoms with Gasteiger partial charge in [0.15, 0.2) is 5.78 Å². The molecule has 1 aliphatic rings. The molecule has 1 aromatic carbocycles. The van der Waals surface area contributed by atoms with Crippen LogP contribution in [0.2, 0.25) is 0 Å². The topological polar surface area (TPSA) is 49.8 Å². The summed E-state index contributed by atoms with van der Waals surface area (Å²) in [6.45, 7) is 4.59.